The van der Waals surface area contributed by atoms with Crippen LogP contribution in [0.3, 0.4) is 0 Å². The number of sulfonamides is 1. The Kier molecular flexibility index (Phi) is 7.18. The molecule has 1 rings (SSSR count). The molecule has 1 aromatic rings. The zero-order valence-electron chi connectivity index (χ0n) is 14.4. The fourth-order valence-corrected chi connectivity index (χ4v) is 3.60. The van der Waals surface area contributed by atoms with Gasteiger partial charge in [-0.3, -0.25) is 20.8 Å². The first-order valence-corrected chi connectivity index (χ1v) is 8.92. The van der Waals surface area contributed by atoms with Crippen molar-refractivity contribution in [3.63, 3.8) is 0 Å². The number of methoxy groups -OCH3 is 1. The molecule has 0 heterocycles. The van der Waals surface area contributed by atoms with E-state index in [9.17, 15) is 28.1 Å². The molecule has 0 bridgehead atoms. The number of nitrogens with zero attached hydrogens (tertiary/aromatic N) is 2. The highest BCUT2D eigenvalue weighted by Crippen LogP contribution is 2.26. The topological polar surface area (TPSA) is 162 Å². The first kappa shape index (κ1) is 21.5. The average Bonchev–Trinajstić information content (AvgIpc) is 2.61. The molecule has 26 heavy (non-hydrogen) atoms. The van der Waals surface area contributed by atoms with Crippen molar-refractivity contribution in [3.8, 4) is 0 Å². The molecule has 0 aromatic heterocycles. The second-order valence-electron chi connectivity index (χ2n) is 5.24. The van der Waals surface area contributed by atoms with Gasteiger partial charge in [0.2, 0.25) is 5.91 Å². The van der Waals surface area contributed by atoms with Crippen LogP contribution in [0.2, 0.25) is 0 Å². The molecule has 12 heteroatoms. The molecule has 0 spiro atoms. The van der Waals surface area contributed by atoms with Crippen molar-refractivity contribution in [1.29, 1.82) is 0 Å². The van der Waals surface area contributed by atoms with Gasteiger partial charge in [0.15, 0.2) is 4.90 Å². The molecule has 2 unspecified atom stereocenters. The van der Waals surface area contributed by atoms with Gasteiger partial charge in [-0.15, -0.1) is 4.41 Å². The summed E-state index contributed by atoms with van der Waals surface area (Å²) in [5.41, 5.74) is -0.666. The van der Waals surface area contributed by atoms with Gasteiger partial charge < -0.3 is 10.1 Å². The number of nitro benzene ring substituents is 1. The third-order valence-electron chi connectivity index (χ3n) is 3.53. The van der Waals surface area contributed by atoms with Crippen LogP contribution in [0.1, 0.15) is 20.3 Å². The standard InChI is InChI=1S/C14H20N4O7S/c1-4-10(13(19)16-9(2)14(20)25-3)17(15)26(23,24)12-8-6-5-7-11(12)18(21)22/h5-10H,4,15H2,1-3H3,(H,16,19). The number of hydrogen-bond acceptors (Lipinski definition) is 8. The van der Waals surface area contributed by atoms with Crippen LogP contribution in [0, 0.1) is 10.1 Å². The maximum Gasteiger partial charge on any atom is 0.328 e. The van der Waals surface area contributed by atoms with E-state index in [-0.39, 0.29) is 10.8 Å². The molecular weight excluding hydrogens is 368 g/mol. The van der Waals surface area contributed by atoms with Gasteiger partial charge in [0.1, 0.15) is 12.1 Å². The molecule has 144 valence electrons. The highest BCUT2D eigenvalue weighted by atomic mass is 32.2. The van der Waals surface area contributed by atoms with Crippen molar-refractivity contribution in [2.24, 2.45) is 5.84 Å². The predicted octanol–water partition coefficient (Wildman–Crippen LogP) is -0.0845. The van der Waals surface area contributed by atoms with Crippen molar-refractivity contribution < 1.29 is 27.7 Å². The Balaban J connectivity index is 3.18. The van der Waals surface area contributed by atoms with E-state index in [0.717, 1.165) is 19.2 Å². The minimum absolute atomic E-state index is 0.0317. The lowest BCUT2D eigenvalue weighted by atomic mass is 10.2. The number of carbonyl (C=O) groups is 2. The number of rotatable bonds is 8. The summed E-state index contributed by atoms with van der Waals surface area (Å²) in [6.07, 6.45) is -0.0317. The van der Waals surface area contributed by atoms with Gasteiger partial charge in [0.25, 0.3) is 15.7 Å². The number of nitro groups is 1. The lowest BCUT2D eigenvalue weighted by Gasteiger charge is -2.26. The summed E-state index contributed by atoms with van der Waals surface area (Å²) in [6, 6.07) is 2.24. The second kappa shape index (κ2) is 8.69. The maximum absolute atomic E-state index is 12.7. The molecule has 2 atom stereocenters. The van der Waals surface area contributed by atoms with Gasteiger partial charge in [-0.25, -0.2) is 13.2 Å². The van der Waals surface area contributed by atoms with E-state index in [1.54, 1.807) is 0 Å². The van der Waals surface area contributed by atoms with E-state index in [2.05, 4.69) is 10.1 Å². The summed E-state index contributed by atoms with van der Waals surface area (Å²) in [5.74, 6) is 4.08. The van der Waals surface area contributed by atoms with Crippen LogP contribution >= 0.6 is 0 Å². The number of nitrogens with two attached hydrogens (primary N) is 1. The molecule has 0 saturated carbocycles. The highest BCUT2D eigenvalue weighted by Gasteiger charge is 2.37. The molecule has 1 amide bonds. The monoisotopic (exact) mass is 388 g/mol. The van der Waals surface area contributed by atoms with Crippen LogP contribution in [-0.2, 0) is 24.3 Å². The number of hydrazine groups is 1. The van der Waals surface area contributed by atoms with E-state index < -0.39 is 49.5 Å². The average molecular weight is 388 g/mol. The highest BCUT2D eigenvalue weighted by molar-refractivity contribution is 7.89. The summed E-state index contributed by atoms with van der Waals surface area (Å²) in [4.78, 5) is 33.3. The second-order valence-corrected chi connectivity index (χ2v) is 7.05. The number of ether oxygens (including phenoxy) is 1. The number of benzene rings is 1. The Morgan fingerprint density at radius 3 is 2.46 bits per heavy atom. The lowest BCUT2D eigenvalue weighted by Crippen LogP contribution is -2.55. The molecular formula is C14H20N4O7S. The number of esters is 1. The fraction of sp³-hybridized carbons (Fsp3) is 0.429. The number of hydrogen-bond donors (Lipinski definition) is 2. The molecule has 0 aliphatic rings. The van der Waals surface area contributed by atoms with E-state index in [4.69, 9.17) is 5.84 Å². The third kappa shape index (κ3) is 4.53. The fourth-order valence-electron chi connectivity index (χ4n) is 2.13. The van der Waals surface area contributed by atoms with Crippen molar-refractivity contribution in [2.75, 3.05) is 7.11 Å². The van der Waals surface area contributed by atoms with Crippen LogP contribution in [0.5, 0.6) is 0 Å². The van der Waals surface area contributed by atoms with Crippen molar-refractivity contribution in [2.45, 2.75) is 37.2 Å². The van der Waals surface area contributed by atoms with E-state index in [1.807, 2.05) is 0 Å². The van der Waals surface area contributed by atoms with Crippen LogP contribution in [-0.4, -0.2) is 48.8 Å². The Labute approximate surface area is 150 Å². The zero-order chi connectivity index (χ0) is 20.1. The van der Waals surface area contributed by atoms with Gasteiger partial charge in [0.05, 0.1) is 12.0 Å². The largest absolute Gasteiger partial charge is 0.467 e. The van der Waals surface area contributed by atoms with Gasteiger partial charge in [0, 0.05) is 6.07 Å². The Morgan fingerprint density at radius 2 is 1.96 bits per heavy atom. The SMILES string of the molecule is CCC(C(=O)NC(C)C(=O)OC)N(N)S(=O)(=O)c1ccccc1[N+](=O)[O-]. The molecule has 0 aliphatic heterocycles. The third-order valence-corrected chi connectivity index (χ3v) is 5.24. The molecule has 0 radical (unpaired) electrons. The first-order chi connectivity index (χ1) is 12.1. The summed E-state index contributed by atoms with van der Waals surface area (Å²) >= 11 is 0. The molecule has 0 saturated heterocycles. The van der Waals surface area contributed by atoms with E-state index >= 15 is 0 Å². The van der Waals surface area contributed by atoms with Crippen molar-refractivity contribution in [1.82, 2.24) is 9.73 Å². The van der Waals surface area contributed by atoms with Gasteiger partial charge in [-0.1, -0.05) is 19.1 Å². The number of para-hydroxylation sites is 1. The maximum atomic E-state index is 12.7. The van der Waals surface area contributed by atoms with Crippen LogP contribution in [0.25, 0.3) is 0 Å². The van der Waals surface area contributed by atoms with E-state index in [0.29, 0.717) is 0 Å². The molecule has 3 N–H and O–H groups in total. The Morgan fingerprint density at radius 1 is 1.38 bits per heavy atom. The van der Waals surface area contributed by atoms with Gasteiger partial charge in [-0.2, -0.15) is 0 Å². The molecule has 0 aliphatic carbocycles. The Bertz CT molecular complexity index is 796. The number of amides is 1. The Hall–Kier alpha value is -2.57. The van der Waals surface area contributed by atoms with Crippen LogP contribution in [0.4, 0.5) is 5.69 Å². The molecule has 1 aromatic carbocycles. The van der Waals surface area contributed by atoms with E-state index in [1.165, 1.54) is 26.0 Å². The summed E-state index contributed by atoms with van der Waals surface area (Å²) in [5, 5.41) is 13.4. The predicted molar refractivity (Wildman–Crippen MR) is 90.0 cm³/mol. The number of nitrogens with one attached hydrogen (secondary N) is 1. The van der Waals surface area contributed by atoms with Crippen molar-refractivity contribution in [3.05, 3.63) is 34.4 Å². The number of carbonyl (C=O) groups excluding carboxylic acids is 2. The van der Waals surface area contributed by atoms with Gasteiger partial charge >= 0.3 is 5.97 Å². The summed E-state index contributed by atoms with van der Waals surface area (Å²) < 4.78 is 30.1. The zero-order valence-corrected chi connectivity index (χ0v) is 15.2. The summed E-state index contributed by atoms with van der Waals surface area (Å²) in [6.45, 7) is 2.86. The molecule has 11 nitrogen and oxygen atoms in total. The quantitative estimate of drug-likeness (QED) is 0.270. The summed E-state index contributed by atoms with van der Waals surface area (Å²) in [7, 11) is -3.40. The van der Waals surface area contributed by atoms with Gasteiger partial charge in [-0.05, 0) is 19.4 Å². The lowest BCUT2D eigenvalue weighted by molar-refractivity contribution is -0.387. The normalized spacial score (nSPS) is 13.7. The van der Waals surface area contributed by atoms with Crippen molar-refractivity contribution >= 4 is 27.6 Å². The smallest absolute Gasteiger partial charge is 0.328 e. The molecule has 0 fully saturated rings. The minimum atomic E-state index is -4.54. The first-order valence-electron chi connectivity index (χ1n) is 7.48. The van der Waals surface area contributed by atoms with Crippen LogP contribution in [0.15, 0.2) is 29.2 Å². The van der Waals surface area contributed by atoms with Crippen LogP contribution < -0.4 is 11.2 Å². The minimum Gasteiger partial charge on any atom is -0.467 e.